The average Bonchev–Trinajstić information content (AvgIpc) is 2.25. The van der Waals surface area contributed by atoms with Gasteiger partial charge in [-0.2, -0.15) is 0 Å². The minimum Gasteiger partial charge on any atom is -0.463 e. The summed E-state index contributed by atoms with van der Waals surface area (Å²) in [7, 11) is 0. The Balaban J connectivity index is 4.24. The topological polar surface area (TPSA) is 52.6 Å². The molecule has 4 heteroatoms. The van der Waals surface area contributed by atoms with Crippen molar-refractivity contribution in [3.05, 3.63) is 12.7 Å². The molecule has 0 aromatic heterocycles. The molecule has 0 saturated carbocycles. The van der Waals surface area contributed by atoms with E-state index >= 15 is 0 Å². The molecule has 17 heavy (non-hydrogen) atoms. The third kappa shape index (κ3) is 6.76. The molecule has 0 saturated heterocycles. The third-order valence-electron chi connectivity index (χ3n) is 2.49. The summed E-state index contributed by atoms with van der Waals surface area (Å²) in [6.07, 6.45) is 2.34. The van der Waals surface area contributed by atoms with Crippen molar-refractivity contribution in [2.75, 3.05) is 0 Å². The lowest BCUT2D eigenvalue weighted by molar-refractivity contribution is -0.157. The van der Waals surface area contributed by atoms with Gasteiger partial charge < -0.3 is 9.47 Å². The first kappa shape index (κ1) is 15.7. The number of rotatable bonds is 7. The highest BCUT2D eigenvalue weighted by atomic mass is 16.6. The lowest BCUT2D eigenvalue weighted by atomic mass is 9.97. The summed E-state index contributed by atoms with van der Waals surface area (Å²) in [5, 5.41) is 0. The standard InChI is InChI=1S/C13H22O4/c1-6-11(14)17-13(5,7-2)9-8-12(15)16-10(3)4/h6,10H,1,7-9H2,2-5H3. The zero-order valence-corrected chi connectivity index (χ0v) is 11.1. The molecule has 1 atom stereocenters. The van der Waals surface area contributed by atoms with Crippen molar-refractivity contribution in [3.8, 4) is 0 Å². The fourth-order valence-electron chi connectivity index (χ4n) is 1.27. The highest BCUT2D eigenvalue weighted by Crippen LogP contribution is 2.22. The smallest absolute Gasteiger partial charge is 0.330 e. The monoisotopic (exact) mass is 242 g/mol. The predicted molar refractivity (Wildman–Crippen MR) is 65.4 cm³/mol. The van der Waals surface area contributed by atoms with Crippen LogP contribution in [0.2, 0.25) is 0 Å². The number of esters is 2. The van der Waals surface area contributed by atoms with Crippen LogP contribution in [0, 0.1) is 0 Å². The van der Waals surface area contributed by atoms with Gasteiger partial charge in [-0.1, -0.05) is 13.5 Å². The predicted octanol–water partition coefficient (Wildman–Crippen LogP) is 2.62. The van der Waals surface area contributed by atoms with E-state index in [2.05, 4.69) is 6.58 Å². The summed E-state index contributed by atoms with van der Waals surface area (Å²) in [6, 6.07) is 0. The molecule has 0 aromatic carbocycles. The Morgan fingerprint density at radius 3 is 2.41 bits per heavy atom. The lowest BCUT2D eigenvalue weighted by Crippen LogP contribution is -2.31. The molecule has 0 aliphatic heterocycles. The second kappa shape index (κ2) is 7.09. The summed E-state index contributed by atoms with van der Waals surface area (Å²) in [6.45, 7) is 10.7. The van der Waals surface area contributed by atoms with Gasteiger partial charge in [-0.25, -0.2) is 4.79 Å². The van der Waals surface area contributed by atoms with Gasteiger partial charge in [-0.05, 0) is 33.6 Å². The van der Waals surface area contributed by atoms with Crippen LogP contribution in [-0.4, -0.2) is 23.6 Å². The Kier molecular flexibility index (Phi) is 6.54. The van der Waals surface area contributed by atoms with E-state index in [1.807, 2.05) is 6.92 Å². The van der Waals surface area contributed by atoms with Crippen molar-refractivity contribution < 1.29 is 19.1 Å². The molecular formula is C13H22O4. The van der Waals surface area contributed by atoms with E-state index in [9.17, 15) is 9.59 Å². The van der Waals surface area contributed by atoms with Crippen LogP contribution in [-0.2, 0) is 19.1 Å². The zero-order valence-electron chi connectivity index (χ0n) is 11.1. The maximum atomic E-state index is 11.4. The second-order valence-corrected chi connectivity index (χ2v) is 4.47. The van der Waals surface area contributed by atoms with E-state index in [1.165, 1.54) is 0 Å². The molecule has 4 nitrogen and oxygen atoms in total. The van der Waals surface area contributed by atoms with Gasteiger partial charge >= 0.3 is 11.9 Å². The van der Waals surface area contributed by atoms with Gasteiger partial charge in [0.2, 0.25) is 0 Å². The van der Waals surface area contributed by atoms with Crippen LogP contribution in [0.1, 0.15) is 47.0 Å². The van der Waals surface area contributed by atoms with Crippen molar-refractivity contribution in [1.29, 1.82) is 0 Å². The quantitative estimate of drug-likeness (QED) is 0.508. The Bertz CT molecular complexity index is 283. The molecule has 0 amide bonds. The van der Waals surface area contributed by atoms with Crippen molar-refractivity contribution in [2.45, 2.75) is 58.7 Å². The van der Waals surface area contributed by atoms with Gasteiger partial charge in [-0.3, -0.25) is 4.79 Å². The van der Waals surface area contributed by atoms with E-state index in [-0.39, 0.29) is 18.5 Å². The first-order chi connectivity index (χ1) is 7.83. The normalized spacial score (nSPS) is 13.9. The SMILES string of the molecule is C=CC(=O)OC(C)(CC)CCC(=O)OC(C)C. The van der Waals surface area contributed by atoms with Crippen LogP contribution >= 0.6 is 0 Å². The molecule has 0 bridgehead atoms. The maximum Gasteiger partial charge on any atom is 0.330 e. The summed E-state index contributed by atoms with van der Waals surface area (Å²) >= 11 is 0. The molecule has 0 heterocycles. The van der Waals surface area contributed by atoms with Gasteiger partial charge in [0, 0.05) is 12.5 Å². The summed E-state index contributed by atoms with van der Waals surface area (Å²) < 4.78 is 10.2. The number of hydrogen-bond acceptors (Lipinski definition) is 4. The van der Waals surface area contributed by atoms with Gasteiger partial charge in [0.25, 0.3) is 0 Å². The molecule has 0 N–H and O–H groups in total. The van der Waals surface area contributed by atoms with Crippen LogP contribution < -0.4 is 0 Å². The van der Waals surface area contributed by atoms with Gasteiger partial charge in [0.1, 0.15) is 5.60 Å². The molecule has 0 aliphatic rings. The van der Waals surface area contributed by atoms with E-state index in [1.54, 1.807) is 20.8 Å². The fraction of sp³-hybridized carbons (Fsp3) is 0.692. The largest absolute Gasteiger partial charge is 0.463 e. The van der Waals surface area contributed by atoms with Crippen LogP contribution in [0.25, 0.3) is 0 Å². The highest BCUT2D eigenvalue weighted by molar-refractivity contribution is 5.81. The number of ether oxygens (including phenoxy) is 2. The van der Waals surface area contributed by atoms with Crippen LogP contribution in [0.4, 0.5) is 0 Å². The van der Waals surface area contributed by atoms with Crippen molar-refractivity contribution in [1.82, 2.24) is 0 Å². The minimum atomic E-state index is -0.638. The number of carbonyl (C=O) groups is 2. The first-order valence-electron chi connectivity index (χ1n) is 5.88. The molecule has 98 valence electrons. The molecule has 0 fully saturated rings. The Hall–Kier alpha value is -1.32. The zero-order chi connectivity index (χ0) is 13.5. The van der Waals surface area contributed by atoms with Crippen LogP contribution in [0.3, 0.4) is 0 Å². The van der Waals surface area contributed by atoms with Crippen molar-refractivity contribution in [2.24, 2.45) is 0 Å². The Morgan fingerprint density at radius 1 is 1.41 bits per heavy atom. The number of hydrogen-bond donors (Lipinski definition) is 0. The molecule has 0 aromatic rings. The van der Waals surface area contributed by atoms with Crippen LogP contribution in [0.15, 0.2) is 12.7 Å². The van der Waals surface area contributed by atoms with Crippen molar-refractivity contribution in [3.63, 3.8) is 0 Å². The van der Waals surface area contributed by atoms with Crippen molar-refractivity contribution >= 4 is 11.9 Å². The van der Waals surface area contributed by atoms with Gasteiger partial charge in [-0.15, -0.1) is 0 Å². The molecule has 0 spiro atoms. The lowest BCUT2D eigenvalue weighted by Gasteiger charge is -2.27. The van der Waals surface area contributed by atoms with E-state index in [0.29, 0.717) is 12.8 Å². The molecule has 0 radical (unpaired) electrons. The average molecular weight is 242 g/mol. The first-order valence-corrected chi connectivity index (χ1v) is 5.88. The highest BCUT2D eigenvalue weighted by Gasteiger charge is 2.27. The third-order valence-corrected chi connectivity index (χ3v) is 2.49. The maximum absolute atomic E-state index is 11.4. The van der Waals surface area contributed by atoms with E-state index in [4.69, 9.17) is 9.47 Å². The summed E-state index contributed by atoms with van der Waals surface area (Å²) in [5.74, 6) is -0.735. The van der Waals surface area contributed by atoms with Crippen LogP contribution in [0.5, 0.6) is 0 Å². The molecule has 0 aliphatic carbocycles. The van der Waals surface area contributed by atoms with E-state index < -0.39 is 11.6 Å². The Labute approximate surface area is 103 Å². The molecule has 0 rings (SSSR count). The van der Waals surface area contributed by atoms with Gasteiger partial charge in [0.15, 0.2) is 0 Å². The van der Waals surface area contributed by atoms with E-state index in [0.717, 1.165) is 6.08 Å². The minimum absolute atomic E-state index is 0.119. The number of carbonyl (C=O) groups excluding carboxylic acids is 2. The molecule has 1 unspecified atom stereocenters. The Morgan fingerprint density at radius 2 is 2.00 bits per heavy atom. The van der Waals surface area contributed by atoms with Gasteiger partial charge in [0.05, 0.1) is 6.10 Å². The summed E-state index contributed by atoms with van der Waals surface area (Å²) in [5.41, 5.74) is -0.638. The fourth-order valence-corrected chi connectivity index (χ4v) is 1.27. The second-order valence-electron chi connectivity index (χ2n) is 4.47. The summed E-state index contributed by atoms with van der Waals surface area (Å²) in [4.78, 5) is 22.5. The molecular weight excluding hydrogens is 220 g/mol.